The first kappa shape index (κ1) is 21.2. The summed E-state index contributed by atoms with van der Waals surface area (Å²) in [6, 6.07) is 19.9. The van der Waals surface area contributed by atoms with Crippen LogP contribution in [0, 0.1) is 0 Å². The van der Waals surface area contributed by atoms with E-state index in [0.29, 0.717) is 18.0 Å². The molecule has 1 amide bonds. The molecule has 1 aliphatic heterocycles. The van der Waals surface area contributed by atoms with Crippen molar-refractivity contribution in [1.29, 1.82) is 0 Å². The highest BCUT2D eigenvalue weighted by Gasteiger charge is 2.33. The molecule has 4 aromatic rings. The molecule has 0 aliphatic carbocycles. The van der Waals surface area contributed by atoms with Crippen LogP contribution in [0.5, 0.6) is 11.5 Å². The number of fused-ring (bicyclic) bond motifs is 2. The molecule has 1 atom stereocenters. The SMILES string of the molecule is COc1cc2c(cc1OC)C(c1cccs1)N(C(=O)C=Cc1ccc3ccccc3n1)CC2. The van der Waals surface area contributed by atoms with Crippen LogP contribution in [-0.4, -0.2) is 36.6 Å². The number of hydrogen-bond acceptors (Lipinski definition) is 5. The van der Waals surface area contributed by atoms with Gasteiger partial charge in [-0.05, 0) is 59.3 Å². The van der Waals surface area contributed by atoms with Crippen molar-refractivity contribution in [3.8, 4) is 11.5 Å². The van der Waals surface area contributed by atoms with E-state index in [4.69, 9.17) is 9.47 Å². The molecule has 0 fully saturated rings. The molecule has 2 aromatic heterocycles. The van der Waals surface area contributed by atoms with Gasteiger partial charge in [-0.1, -0.05) is 30.3 Å². The lowest BCUT2D eigenvalue weighted by atomic mass is 9.90. The summed E-state index contributed by atoms with van der Waals surface area (Å²) in [5.41, 5.74) is 3.93. The van der Waals surface area contributed by atoms with Crippen LogP contribution in [0.1, 0.15) is 27.7 Å². The zero-order chi connectivity index (χ0) is 22.8. The third-order valence-electron chi connectivity index (χ3n) is 5.99. The van der Waals surface area contributed by atoms with E-state index in [9.17, 15) is 4.79 Å². The molecule has 5 rings (SSSR count). The summed E-state index contributed by atoms with van der Waals surface area (Å²) >= 11 is 1.65. The molecular formula is C27H24N2O3S. The van der Waals surface area contributed by atoms with Crippen LogP contribution in [0.25, 0.3) is 17.0 Å². The van der Waals surface area contributed by atoms with Gasteiger partial charge < -0.3 is 14.4 Å². The molecule has 2 aromatic carbocycles. The number of aromatic nitrogens is 1. The molecule has 0 spiro atoms. The number of thiophene rings is 1. The van der Waals surface area contributed by atoms with Crippen molar-refractivity contribution in [2.24, 2.45) is 0 Å². The fraction of sp³-hybridized carbons (Fsp3) is 0.185. The first-order chi connectivity index (χ1) is 16.2. The quantitative estimate of drug-likeness (QED) is 0.372. The molecule has 33 heavy (non-hydrogen) atoms. The average Bonchev–Trinajstić information content (AvgIpc) is 3.40. The normalized spacial score (nSPS) is 15.6. The number of para-hydroxylation sites is 1. The lowest BCUT2D eigenvalue weighted by molar-refractivity contribution is -0.127. The van der Waals surface area contributed by atoms with Crippen LogP contribution < -0.4 is 9.47 Å². The van der Waals surface area contributed by atoms with Crippen LogP contribution in [-0.2, 0) is 11.2 Å². The van der Waals surface area contributed by atoms with Gasteiger partial charge in [-0.2, -0.15) is 0 Å². The highest BCUT2D eigenvalue weighted by Crippen LogP contribution is 2.42. The third kappa shape index (κ3) is 4.10. The van der Waals surface area contributed by atoms with Crippen LogP contribution in [0.3, 0.4) is 0 Å². The summed E-state index contributed by atoms with van der Waals surface area (Å²) in [7, 11) is 3.28. The van der Waals surface area contributed by atoms with Gasteiger partial charge in [-0.25, -0.2) is 4.98 Å². The van der Waals surface area contributed by atoms with Gasteiger partial charge in [0.25, 0.3) is 0 Å². The minimum atomic E-state index is -0.171. The molecule has 166 valence electrons. The monoisotopic (exact) mass is 456 g/mol. The fourth-order valence-corrected chi connectivity index (χ4v) is 5.22. The van der Waals surface area contributed by atoms with Gasteiger partial charge >= 0.3 is 0 Å². The lowest BCUT2D eigenvalue weighted by Crippen LogP contribution is -2.39. The zero-order valence-electron chi connectivity index (χ0n) is 18.5. The maximum absolute atomic E-state index is 13.4. The Kier molecular flexibility index (Phi) is 5.84. The van der Waals surface area contributed by atoms with E-state index >= 15 is 0 Å². The summed E-state index contributed by atoms with van der Waals surface area (Å²) in [4.78, 5) is 21.1. The highest BCUT2D eigenvalue weighted by molar-refractivity contribution is 7.10. The Morgan fingerprint density at radius 3 is 2.67 bits per heavy atom. The van der Waals surface area contributed by atoms with Crippen LogP contribution in [0.15, 0.2) is 72.1 Å². The van der Waals surface area contributed by atoms with E-state index in [-0.39, 0.29) is 11.9 Å². The fourth-order valence-electron chi connectivity index (χ4n) is 4.36. The van der Waals surface area contributed by atoms with E-state index < -0.39 is 0 Å². The zero-order valence-corrected chi connectivity index (χ0v) is 19.3. The predicted octanol–water partition coefficient (Wildman–Crippen LogP) is 5.50. The van der Waals surface area contributed by atoms with Gasteiger partial charge in [-0.3, -0.25) is 4.79 Å². The number of rotatable bonds is 5. The Morgan fingerprint density at radius 1 is 1.06 bits per heavy atom. The molecule has 6 heteroatoms. The van der Waals surface area contributed by atoms with Gasteiger partial charge in [0.05, 0.1) is 31.5 Å². The molecular weight excluding hydrogens is 432 g/mol. The Morgan fingerprint density at radius 2 is 1.88 bits per heavy atom. The van der Waals surface area contributed by atoms with Gasteiger partial charge in [0, 0.05) is 22.9 Å². The molecule has 0 N–H and O–H groups in total. The molecule has 3 heterocycles. The van der Waals surface area contributed by atoms with Crippen molar-refractivity contribution in [1.82, 2.24) is 9.88 Å². The number of amides is 1. The Labute approximate surface area is 196 Å². The Hall–Kier alpha value is -3.64. The largest absolute Gasteiger partial charge is 0.493 e. The first-order valence-electron chi connectivity index (χ1n) is 10.8. The number of nitrogens with zero attached hydrogens (tertiary/aromatic N) is 2. The number of ether oxygens (including phenoxy) is 2. The van der Waals surface area contributed by atoms with Gasteiger partial charge in [0.1, 0.15) is 0 Å². The number of methoxy groups -OCH3 is 2. The number of carbonyl (C=O) groups excluding carboxylic acids is 1. The second-order valence-corrected chi connectivity index (χ2v) is 8.85. The van der Waals surface area contributed by atoms with Crippen molar-refractivity contribution in [3.63, 3.8) is 0 Å². The Balaban J connectivity index is 1.49. The predicted molar refractivity (Wildman–Crippen MR) is 132 cm³/mol. The second-order valence-electron chi connectivity index (χ2n) is 7.87. The number of pyridine rings is 1. The summed E-state index contributed by atoms with van der Waals surface area (Å²) in [6.07, 6.45) is 4.18. The van der Waals surface area contributed by atoms with Gasteiger partial charge in [-0.15, -0.1) is 11.3 Å². The maximum Gasteiger partial charge on any atom is 0.247 e. The standard InChI is InChI=1S/C27H24N2O3S/c1-31-23-16-19-13-14-29(27(25-8-5-15-33-25)21(19)17-24(23)32-2)26(30)12-11-20-10-9-18-6-3-4-7-22(18)28-20/h3-12,15-17,27H,13-14H2,1-2H3. The van der Waals surface area contributed by atoms with E-state index in [0.717, 1.165) is 33.5 Å². The topological polar surface area (TPSA) is 51.7 Å². The lowest BCUT2D eigenvalue weighted by Gasteiger charge is -2.37. The summed E-state index contributed by atoms with van der Waals surface area (Å²) in [6.45, 7) is 0.624. The van der Waals surface area contributed by atoms with Crippen molar-refractivity contribution >= 4 is 34.2 Å². The van der Waals surface area contributed by atoms with Crippen molar-refractivity contribution < 1.29 is 14.3 Å². The van der Waals surface area contributed by atoms with Crippen LogP contribution in [0.4, 0.5) is 0 Å². The molecule has 0 saturated heterocycles. The summed E-state index contributed by atoms with van der Waals surface area (Å²) in [5, 5.41) is 3.12. The van der Waals surface area contributed by atoms with Crippen molar-refractivity contribution in [2.75, 3.05) is 20.8 Å². The maximum atomic E-state index is 13.4. The molecule has 5 nitrogen and oxygen atoms in total. The molecule has 0 radical (unpaired) electrons. The molecule has 0 saturated carbocycles. The smallest absolute Gasteiger partial charge is 0.247 e. The number of hydrogen-bond donors (Lipinski definition) is 0. The van der Waals surface area contributed by atoms with Gasteiger partial charge in [0.15, 0.2) is 11.5 Å². The highest BCUT2D eigenvalue weighted by atomic mass is 32.1. The molecule has 1 aliphatic rings. The Bertz CT molecular complexity index is 1330. The van der Waals surface area contributed by atoms with Gasteiger partial charge in [0.2, 0.25) is 5.91 Å². The van der Waals surface area contributed by atoms with Crippen molar-refractivity contribution in [3.05, 3.63) is 93.8 Å². The van der Waals surface area contributed by atoms with E-state index in [1.807, 2.05) is 64.9 Å². The van der Waals surface area contributed by atoms with E-state index in [1.54, 1.807) is 37.7 Å². The average molecular weight is 457 g/mol. The minimum Gasteiger partial charge on any atom is -0.493 e. The van der Waals surface area contributed by atoms with E-state index in [1.165, 1.54) is 5.56 Å². The second kappa shape index (κ2) is 9.08. The summed E-state index contributed by atoms with van der Waals surface area (Å²) < 4.78 is 11.1. The number of carbonyl (C=O) groups is 1. The number of benzene rings is 2. The van der Waals surface area contributed by atoms with Crippen LogP contribution >= 0.6 is 11.3 Å². The van der Waals surface area contributed by atoms with Crippen LogP contribution in [0.2, 0.25) is 0 Å². The third-order valence-corrected chi connectivity index (χ3v) is 6.91. The minimum absolute atomic E-state index is 0.0382. The van der Waals surface area contributed by atoms with Crippen molar-refractivity contribution in [2.45, 2.75) is 12.5 Å². The first-order valence-corrected chi connectivity index (χ1v) is 11.7. The van der Waals surface area contributed by atoms with E-state index in [2.05, 4.69) is 11.1 Å². The molecule has 0 bridgehead atoms. The molecule has 1 unspecified atom stereocenters. The summed E-state index contributed by atoms with van der Waals surface area (Å²) in [5.74, 6) is 1.34.